The van der Waals surface area contributed by atoms with Gasteiger partial charge in [-0.15, -0.1) is 0 Å². The van der Waals surface area contributed by atoms with Crippen molar-refractivity contribution in [3.8, 4) is 0 Å². The zero-order valence-electron chi connectivity index (χ0n) is 14.1. The molecule has 23 heavy (non-hydrogen) atoms. The molecule has 0 N–H and O–H groups in total. The van der Waals surface area contributed by atoms with E-state index in [0.717, 1.165) is 18.4 Å². The predicted molar refractivity (Wildman–Crippen MR) is 96.0 cm³/mol. The van der Waals surface area contributed by atoms with E-state index in [1.807, 2.05) is 19.1 Å². The number of hydrogen-bond donors (Lipinski definition) is 0. The van der Waals surface area contributed by atoms with Gasteiger partial charge in [-0.05, 0) is 61.5 Å². The minimum absolute atomic E-state index is 0.292. The van der Waals surface area contributed by atoms with E-state index in [1.54, 1.807) is 6.92 Å². The summed E-state index contributed by atoms with van der Waals surface area (Å²) in [5.41, 5.74) is 6.17. The third-order valence-electron chi connectivity index (χ3n) is 3.83. The van der Waals surface area contributed by atoms with E-state index >= 15 is 0 Å². The Bertz CT molecular complexity index is 688. The highest BCUT2D eigenvalue weighted by Gasteiger charge is 2.12. The van der Waals surface area contributed by atoms with Gasteiger partial charge in [-0.25, -0.2) is 4.79 Å². The second-order valence-corrected chi connectivity index (χ2v) is 5.66. The summed E-state index contributed by atoms with van der Waals surface area (Å²) in [6.45, 7) is 6.23. The molecule has 0 bridgehead atoms. The molecule has 0 heterocycles. The van der Waals surface area contributed by atoms with Crippen LogP contribution in [-0.2, 0) is 16.0 Å². The maximum absolute atomic E-state index is 11.4. The number of hydrogen-bond acceptors (Lipinski definition) is 2. The van der Waals surface area contributed by atoms with Gasteiger partial charge >= 0.3 is 5.97 Å². The van der Waals surface area contributed by atoms with Gasteiger partial charge in [0.2, 0.25) is 0 Å². The molecule has 0 unspecified atom stereocenters. The van der Waals surface area contributed by atoms with Crippen molar-refractivity contribution in [1.82, 2.24) is 0 Å². The molecule has 1 aliphatic rings. The molecule has 0 aromatic heterocycles. The Kier molecular flexibility index (Phi) is 6.16. The number of fused-ring (bicyclic) bond motifs is 1. The van der Waals surface area contributed by atoms with Crippen LogP contribution in [0.3, 0.4) is 0 Å². The fraction of sp³-hybridized carbons (Fsp3) is 0.286. The average Bonchev–Trinajstić information content (AvgIpc) is 2.54. The standard InChI is InChI=1S/C21H24O2/c1-4-23-21(22)15-16(2)9-7-10-17(3)19-14-8-12-18-11-5-6-13-20(18)19/h5-7,9-11,13-15H,4,8,12H2,1-3H3/b9-7+,16-15+,17-10-. The minimum atomic E-state index is -0.292. The van der Waals surface area contributed by atoms with Crippen molar-refractivity contribution < 1.29 is 9.53 Å². The summed E-state index contributed by atoms with van der Waals surface area (Å²) in [5, 5.41) is 0. The highest BCUT2D eigenvalue weighted by atomic mass is 16.5. The van der Waals surface area contributed by atoms with Crippen LogP contribution in [0.1, 0.15) is 38.3 Å². The monoisotopic (exact) mass is 308 g/mol. The molecule has 2 nitrogen and oxygen atoms in total. The molecule has 0 atom stereocenters. The number of carbonyl (C=O) groups excluding carboxylic acids is 1. The van der Waals surface area contributed by atoms with Gasteiger partial charge in [0.25, 0.3) is 0 Å². The number of ether oxygens (including phenoxy) is 1. The fourth-order valence-electron chi connectivity index (χ4n) is 2.71. The number of esters is 1. The second kappa shape index (κ2) is 8.33. The summed E-state index contributed by atoms with van der Waals surface area (Å²) < 4.78 is 4.90. The molecule has 0 fully saturated rings. The first-order valence-corrected chi connectivity index (χ1v) is 8.10. The van der Waals surface area contributed by atoms with Crippen LogP contribution in [-0.4, -0.2) is 12.6 Å². The second-order valence-electron chi connectivity index (χ2n) is 5.66. The first-order valence-electron chi connectivity index (χ1n) is 8.10. The molecule has 0 radical (unpaired) electrons. The Morgan fingerprint density at radius 2 is 2.04 bits per heavy atom. The molecule has 2 heteroatoms. The molecule has 2 rings (SSSR count). The van der Waals surface area contributed by atoms with Gasteiger partial charge in [0, 0.05) is 6.08 Å². The van der Waals surface area contributed by atoms with Gasteiger partial charge < -0.3 is 4.74 Å². The topological polar surface area (TPSA) is 26.3 Å². The lowest BCUT2D eigenvalue weighted by atomic mass is 9.87. The number of rotatable bonds is 5. The summed E-state index contributed by atoms with van der Waals surface area (Å²) >= 11 is 0. The Morgan fingerprint density at radius 3 is 2.83 bits per heavy atom. The summed E-state index contributed by atoms with van der Waals surface area (Å²) in [4.78, 5) is 11.4. The first kappa shape index (κ1) is 17.0. The van der Waals surface area contributed by atoms with E-state index in [-0.39, 0.29) is 5.97 Å². The van der Waals surface area contributed by atoms with Gasteiger partial charge in [0.05, 0.1) is 6.61 Å². The molecule has 0 saturated heterocycles. The zero-order chi connectivity index (χ0) is 16.7. The molecular formula is C21H24O2. The highest BCUT2D eigenvalue weighted by Crippen LogP contribution is 2.31. The van der Waals surface area contributed by atoms with Crippen LogP contribution in [0, 0.1) is 0 Å². The van der Waals surface area contributed by atoms with Crippen LogP contribution in [0.5, 0.6) is 0 Å². The summed E-state index contributed by atoms with van der Waals surface area (Å²) in [7, 11) is 0. The van der Waals surface area contributed by atoms with Crippen LogP contribution >= 0.6 is 0 Å². The Hall–Kier alpha value is -2.35. The smallest absolute Gasteiger partial charge is 0.330 e. The van der Waals surface area contributed by atoms with Crippen LogP contribution in [0.4, 0.5) is 0 Å². The quantitative estimate of drug-likeness (QED) is 0.433. The molecule has 1 aromatic rings. The van der Waals surface area contributed by atoms with E-state index in [9.17, 15) is 4.79 Å². The average molecular weight is 308 g/mol. The largest absolute Gasteiger partial charge is 0.463 e. The molecular weight excluding hydrogens is 284 g/mol. The molecule has 120 valence electrons. The number of carbonyl (C=O) groups is 1. The van der Waals surface area contributed by atoms with Gasteiger partial charge in [0.15, 0.2) is 0 Å². The zero-order valence-corrected chi connectivity index (χ0v) is 14.1. The number of aryl methyl sites for hydroxylation is 1. The first-order chi connectivity index (χ1) is 11.1. The molecule has 0 spiro atoms. The van der Waals surface area contributed by atoms with Crippen molar-refractivity contribution in [2.45, 2.75) is 33.6 Å². The molecule has 1 aromatic carbocycles. The van der Waals surface area contributed by atoms with E-state index in [0.29, 0.717) is 6.61 Å². The third kappa shape index (κ3) is 4.82. The maximum Gasteiger partial charge on any atom is 0.330 e. The summed E-state index contributed by atoms with van der Waals surface area (Å²) in [6.07, 6.45) is 12.0. The normalized spacial score (nSPS) is 15.3. The number of benzene rings is 1. The van der Waals surface area contributed by atoms with E-state index in [1.165, 1.54) is 28.3 Å². The van der Waals surface area contributed by atoms with Crippen molar-refractivity contribution >= 4 is 11.5 Å². The number of allylic oxidation sites excluding steroid dienone is 7. The summed E-state index contributed by atoms with van der Waals surface area (Å²) in [6, 6.07) is 8.59. The Morgan fingerprint density at radius 1 is 1.26 bits per heavy atom. The van der Waals surface area contributed by atoms with E-state index in [4.69, 9.17) is 4.74 Å². The van der Waals surface area contributed by atoms with Crippen molar-refractivity contribution in [2.24, 2.45) is 0 Å². The SMILES string of the molecule is CCOC(=O)/C=C(C)/C=C/C=C(/C)C1=CCCc2ccccc21. The van der Waals surface area contributed by atoms with Crippen molar-refractivity contribution in [3.63, 3.8) is 0 Å². The van der Waals surface area contributed by atoms with Crippen LogP contribution in [0.2, 0.25) is 0 Å². The fourth-order valence-corrected chi connectivity index (χ4v) is 2.71. The maximum atomic E-state index is 11.4. The molecule has 1 aliphatic carbocycles. The molecule has 0 amide bonds. The lowest BCUT2D eigenvalue weighted by Crippen LogP contribution is -2.00. The van der Waals surface area contributed by atoms with Gasteiger partial charge in [-0.2, -0.15) is 0 Å². The third-order valence-corrected chi connectivity index (χ3v) is 3.83. The minimum Gasteiger partial charge on any atom is -0.463 e. The summed E-state index contributed by atoms with van der Waals surface area (Å²) in [5.74, 6) is -0.292. The van der Waals surface area contributed by atoms with Crippen LogP contribution in [0.15, 0.2) is 65.8 Å². The van der Waals surface area contributed by atoms with Gasteiger partial charge in [0.1, 0.15) is 0 Å². The highest BCUT2D eigenvalue weighted by molar-refractivity contribution is 5.83. The van der Waals surface area contributed by atoms with Crippen molar-refractivity contribution in [1.29, 1.82) is 0 Å². The van der Waals surface area contributed by atoms with E-state index < -0.39 is 0 Å². The predicted octanol–water partition coefficient (Wildman–Crippen LogP) is 5.03. The van der Waals surface area contributed by atoms with Gasteiger partial charge in [-0.3, -0.25) is 0 Å². The van der Waals surface area contributed by atoms with Crippen molar-refractivity contribution in [2.75, 3.05) is 6.61 Å². The van der Waals surface area contributed by atoms with E-state index in [2.05, 4.69) is 43.3 Å². The van der Waals surface area contributed by atoms with Gasteiger partial charge in [-0.1, -0.05) is 48.6 Å². The lowest BCUT2D eigenvalue weighted by Gasteiger charge is -2.18. The molecule has 0 saturated carbocycles. The van der Waals surface area contributed by atoms with Crippen molar-refractivity contribution in [3.05, 3.63) is 76.9 Å². The van der Waals surface area contributed by atoms with Crippen LogP contribution in [0.25, 0.3) is 5.57 Å². The lowest BCUT2D eigenvalue weighted by molar-refractivity contribution is -0.137. The Labute approximate surface area is 138 Å². The Balaban J connectivity index is 2.10. The van der Waals surface area contributed by atoms with Crippen LogP contribution < -0.4 is 0 Å². The molecule has 0 aliphatic heterocycles.